The number of hydrogen-bond acceptors (Lipinski definition) is 6. The molecule has 0 aliphatic carbocycles. The lowest BCUT2D eigenvalue weighted by Crippen LogP contribution is -2.46. The molecule has 0 unspecified atom stereocenters. The van der Waals surface area contributed by atoms with Crippen LogP contribution in [0.1, 0.15) is 23.2 Å². The molecule has 1 saturated heterocycles. The summed E-state index contributed by atoms with van der Waals surface area (Å²) in [6, 6.07) is 18.1. The van der Waals surface area contributed by atoms with Crippen LogP contribution in [0.5, 0.6) is 0 Å². The molecular formula is C25H29ClN4O2. The lowest BCUT2D eigenvalue weighted by atomic mass is 10.0. The monoisotopic (exact) mass is 452 g/mol. The Hall–Kier alpha value is -2.83. The van der Waals surface area contributed by atoms with Crippen LogP contribution in [-0.4, -0.2) is 49.3 Å². The van der Waals surface area contributed by atoms with Crippen LogP contribution in [0.25, 0.3) is 0 Å². The van der Waals surface area contributed by atoms with Crippen molar-refractivity contribution in [1.82, 2.24) is 10.1 Å². The van der Waals surface area contributed by atoms with Crippen molar-refractivity contribution in [3.8, 4) is 0 Å². The third-order valence-corrected chi connectivity index (χ3v) is 6.17. The molecule has 7 heteroatoms. The van der Waals surface area contributed by atoms with Crippen molar-refractivity contribution in [1.29, 1.82) is 0 Å². The maximum Gasteiger partial charge on any atom is 0.381 e. The van der Waals surface area contributed by atoms with Gasteiger partial charge in [0.1, 0.15) is 5.69 Å². The predicted molar refractivity (Wildman–Crippen MR) is 130 cm³/mol. The van der Waals surface area contributed by atoms with Crippen LogP contribution in [0.15, 0.2) is 63.9 Å². The van der Waals surface area contributed by atoms with Crippen molar-refractivity contribution in [2.75, 3.05) is 49.5 Å². The molecule has 1 aliphatic heterocycles. The van der Waals surface area contributed by atoms with Gasteiger partial charge in [0, 0.05) is 55.4 Å². The zero-order chi connectivity index (χ0) is 22.3. The first-order valence-electron chi connectivity index (χ1n) is 11.1. The summed E-state index contributed by atoms with van der Waals surface area (Å²) in [5.41, 5.74) is 4.10. The van der Waals surface area contributed by atoms with Crippen LogP contribution < -0.4 is 15.8 Å². The van der Waals surface area contributed by atoms with Gasteiger partial charge in [-0.1, -0.05) is 53.2 Å². The highest BCUT2D eigenvalue weighted by Gasteiger charge is 2.18. The number of anilines is 2. The summed E-state index contributed by atoms with van der Waals surface area (Å²) in [7, 11) is 0. The number of aryl methyl sites for hydroxylation is 1. The molecule has 1 aliphatic rings. The zero-order valence-corrected chi connectivity index (χ0v) is 19.1. The van der Waals surface area contributed by atoms with E-state index in [9.17, 15) is 4.79 Å². The molecule has 2 heterocycles. The molecule has 3 aromatic rings. The van der Waals surface area contributed by atoms with Crippen LogP contribution in [0.2, 0.25) is 5.02 Å². The minimum Gasteiger partial charge on any atom is -0.379 e. The second kappa shape index (κ2) is 10.7. The second-order valence-electron chi connectivity index (χ2n) is 8.16. The molecule has 0 saturated carbocycles. The molecule has 1 N–H and O–H groups in total. The number of hydrogen-bond donors (Lipinski definition) is 1. The van der Waals surface area contributed by atoms with Crippen molar-refractivity contribution in [3.05, 3.63) is 86.9 Å². The van der Waals surface area contributed by atoms with E-state index in [2.05, 4.69) is 38.5 Å². The van der Waals surface area contributed by atoms with Gasteiger partial charge in [0.25, 0.3) is 0 Å². The Labute approximate surface area is 193 Å². The molecule has 0 radical (unpaired) electrons. The molecule has 0 amide bonds. The average Bonchev–Trinajstić information content (AvgIpc) is 2.81. The van der Waals surface area contributed by atoms with Gasteiger partial charge in [-0.3, -0.25) is 4.90 Å². The van der Waals surface area contributed by atoms with Gasteiger partial charge in [-0.25, -0.2) is 4.79 Å². The highest BCUT2D eigenvalue weighted by Crippen LogP contribution is 2.21. The lowest BCUT2D eigenvalue weighted by molar-refractivity contribution is 0.257. The highest BCUT2D eigenvalue weighted by molar-refractivity contribution is 6.30. The molecule has 1 fully saturated rings. The lowest BCUT2D eigenvalue weighted by Gasteiger charge is -2.36. The van der Waals surface area contributed by atoms with Gasteiger partial charge in [0.2, 0.25) is 0 Å². The van der Waals surface area contributed by atoms with E-state index < -0.39 is 5.63 Å². The molecular weight excluding hydrogens is 424 g/mol. The number of nitrogens with one attached hydrogen (secondary N) is 1. The van der Waals surface area contributed by atoms with Crippen LogP contribution in [0.3, 0.4) is 0 Å². The van der Waals surface area contributed by atoms with Gasteiger partial charge in [0.05, 0.1) is 5.69 Å². The topological polar surface area (TPSA) is 61.6 Å². The molecule has 0 atom stereocenters. The van der Waals surface area contributed by atoms with E-state index in [0.717, 1.165) is 61.0 Å². The van der Waals surface area contributed by atoms with Crippen molar-refractivity contribution < 1.29 is 4.52 Å². The van der Waals surface area contributed by atoms with Crippen molar-refractivity contribution in [3.63, 3.8) is 0 Å². The molecule has 0 spiro atoms. The molecule has 168 valence electrons. The van der Waals surface area contributed by atoms with Crippen LogP contribution in [0, 0.1) is 6.92 Å². The summed E-state index contributed by atoms with van der Waals surface area (Å²) in [5.74, 6) is 0. The van der Waals surface area contributed by atoms with Crippen LogP contribution in [0.4, 0.5) is 11.4 Å². The zero-order valence-electron chi connectivity index (χ0n) is 18.4. The Kier molecular flexibility index (Phi) is 7.45. The molecule has 0 bridgehead atoms. The van der Waals surface area contributed by atoms with E-state index in [4.69, 9.17) is 16.1 Å². The van der Waals surface area contributed by atoms with Crippen molar-refractivity contribution >= 4 is 23.0 Å². The van der Waals surface area contributed by atoms with E-state index >= 15 is 0 Å². The van der Waals surface area contributed by atoms with E-state index in [0.29, 0.717) is 18.7 Å². The number of nitrogens with zero attached hydrogens (tertiary/aromatic N) is 3. The van der Waals surface area contributed by atoms with E-state index in [-0.39, 0.29) is 0 Å². The summed E-state index contributed by atoms with van der Waals surface area (Å²) in [4.78, 5) is 17.2. The molecule has 32 heavy (non-hydrogen) atoms. The Morgan fingerprint density at radius 2 is 1.84 bits per heavy atom. The Bertz CT molecular complexity index is 1080. The molecule has 6 nitrogen and oxygen atoms in total. The third-order valence-electron chi connectivity index (χ3n) is 5.93. The number of benzene rings is 2. The summed E-state index contributed by atoms with van der Waals surface area (Å²) in [6.45, 7) is 7.59. The first-order valence-corrected chi connectivity index (χ1v) is 11.5. The number of halogens is 1. The van der Waals surface area contributed by atoms with Gasteiger partial charge >= 0.3 is 5.63 Å². The van der Waals surface area contributed by atoms with Gasteiger partial charge in [-0.05, 0) is 43.7 Å². The maximum atomic E-state index is 12.4. The normalized spacial score (nSPS) is 14.5. The predicted octanol–water partition coefficient (Wildman–Crippen LogP) is 4.21. The number of piperazine rings is 1. The standard InChI is InChI=1S/C25H29ClN4O2/c1-19-23(17-20-7-3-2-4-8-20)24(25(31)32-28-19)27-11-6-12-29-13-15-30(16-14-29)22-10-5-9-21(26)18-22/h2-5,7-10,18,27H,6,11-17H2,1H3. The highest BCUT2D eigenvalue weighted by atomic mass is 35.5. The van der Waals surface area contributed by atoms with Gasteiger partial charge in [0.15, 0.2) is 0 Å². The maximum absolute atomic E-state index is 12.4. The number of aromatic nitrogens is 1. The van der Waals surface area contributed by atoms with Crippen LogP contribution in [-0.2, 0) is 6.42 Å². The second-order valence-corrected chi connectivity index (χ2v) is 8.60. The van der Waals surface area contributed by atoms with Crippen molar-refractivity contribution in [2.24, 2.45) is 0 Å². The van der Waals surface area contributed by atoms with E-state index in [1.807, 2.05) is 43.3 Å². The Morgan fingerprint density at radius 1 is 1.06 bits per heavy atom. The summed E-state index contributed by atoms with van der Waals surface area (Å²) in [5, 5.41) is 8.03. The Balaban J connectivity index is 1.28. The summed E-state index contributed by atoms with van der Waals surface area (Å²) >= 11 is 6.13. The quantitative estimate of drug-likeness (QED) is 0.516. The van der Waals surface area contributed by atoms with E-state index in [1.165, 1.54) is 5.69 Å². The third kappa shape index (κ3) is 5.69. The summed E-state index contributed by atoms with van der Waals surface area (Å²) in [6.07, 6.45) is 1.60. The van der Waals surface area contributed by atoms with Gasteiger partial charge in [-0.2, -0.15) is 0 Å². The summed E-state index contributed by atoms with van der Waals surface area (Å²) < 4.78 is 4.98. The SMILES string of the molecule is Cc1noc(=O)c(NCCCN2CCN(c3cccc(Cl)c3)CC2)c1Cc1ccccc1. The minimum absolute atomic E-state index is 0.406. The largest absolute Gasteiger partial charge is 0.381 e. The molecule has 1 aromatic heterocycles. The fourth-order valence-electron chi connectivity index (χ4n) is 4.13. The fraction of sp³-hybridized carbons (Fsp3) is 0.360. The van der Waals surface area contributed by atoms with E-state index in [1.54, 1.807) is 0 Å². The minimum atomic E-state index is -0.406. The smallest absolute Gasteiger partial charge is 0.379 e. The number of rotatable bonds is 8. The molecule has 2 aromatic carbocycles. The molecule has 4 rings (SSSR count). The first-order chi connectivity index (χ1) is 15.6. The average molecular weight is 453 g/mol. The van der Waals surface area contributed by atoms with Gasteiger partial charge in [-0.15, -0.1) is 0 Å². The van der Waals surface area contributed by atoms with Crippen LogP contribution >= 0.6 is 11.6 Å². The fourth-order valence-corrected chi connectivity index (χ4v) is 4.31. The van der Waals surface area contributed by atoms with Crippen molar-refractivity contribution in [2.45, 2.75) is 19.8 Å². The van der Waals surface area contributed by atoms with Gasteiger partial charge < -0.3 is 14.7 Å². The first kappa shape index (κ1) is 22.4. The Morgan fingerprint density at radius 3 is 2.59 bits per heavy atom.